The van der Waals surface area contributed by atoms with Crippen LogP contribution >= 0.6 is 11.6 Å². The zero-order chi connectivity index (χ0) is 28.7. The standard InChI is InChI=1S/C29H33ClFN3O4S/c1-5-21(3)32-29(36)22(4)33(18-23-7-6-8-24(30)17-23)28(35)19-34(26-13-9-20(2)10-14-26)39(37,38)27-15-11-25(31)12-16-27/h6-17,21-22H,5,18-19H2,1-4H3,(H,32,36). The van der Waals surface area contributed by atoms with Gasteiger partial charge in [-0.25, -0.2) is 12.8 Å². The van der Waals surface area contributed by atoms with E-state index in [1.54, 1.807) is 55.5 Å². The van der Waals surface area contributed by atoms with E-state index in [0.29, 0.717) is 17.0 Å². The molecule has 0 aliphatic carbocycles. The van der Waals surface area contributed by atoms with Crippen molar-refractivity contribution in [1.82, 2.24) is 10.2 Å². The molecule has 0 aromatic heterocycles. The molecular weight excluding hydrogens is 541 g/mol. The van der Waals surface area contributed by atoms with Gasteiger partial charge in [0.05, 0.1) is 10.6 Å². The zero-order valence-electron chi connectivity index (χ0n) is 22.4. The van der Waals surface area contributed by atoms with E-state index >= 15 is 0 Å². The molecule has 0 aliphatic heterocycles. The van der Waals surface area contributed by atoms with E-state index in [1.165, 1.54) is 4.90 Å². The normalized spacial score (nSPS) is 12.9. The summed E-state index contributed by atoms with van der Waals surface area (Å²) in [4.78, 5) is 28.1. The number of benzene rings is 3. The second kappa shape index (κ2) is 13.1. The van der Waals surface area contributed by atoms with Crippen LogP contribution in [0.25, 0.3) is 0 Å². The van der Waals surface area contributed by atoms with E-state index in [0.717, 1.165) is 34.1 Å². The maximum Gasteiger partial charge on any atom is 0.264 e. The Hall–Kier alpha value is -3.43. The molecule has 3 aromatic carbocycles. The molecule has 0 saturated heterocycles. The number of halogens is 2. The van der Waals surface area contributed by atoms with Gasteiger partial charge in [-0.05, 0) is 81.3 Å². The van der Waals surface area contributed by atoms with Crippen LogP contribution in [0, 0.1) is 12.7 Å². The Morgan fingerprint density at radius 3 is 2.23 bits per heavy atom. The van der Waals surface area contributed by atoms with Gasteiger partial charge >= 0.3 is 0 Å². The minimum absolute atomic E-state index is 0.0345. The smallest absolute Gasteiger partial charge is 0.264 e. The van der Waals surface area contributed by atoms with Gasteiger partial charge in [-0.1, -0.05) is 48.4 Å². The van der Waals surface area contributed by atoms with Gasteiger partial charge in [0, 0.05) is 17.6 Å². The Bertz CT molecular complexity index is 1400. The van der Waals surface area contributed by atoms with Gasteiger partial charge in [0.15, 0.2) is 0 Å². The van der Waals surface area contributed by atoms with Gasteiger partial charge < -0.3 is 10.2 Å². The lowest BCUT2D eigenvalue weighted by Crippen LogP contribution is -2.52. The van der Waals surface area contributed by atoms with Gasteiger partial charge in [-0.2, -0.15) is 0 Å². The SMILES string of the molecule is CCC(C)NC(=O)C(C)N(Cc1cccc(Cl)c1)C(=O)CN(c1ccc(C)cc1)S(=O)(=O)c1ccc(F)cc1. The van der Waals surface area contributed by atoms with Crippen LogP contribution in [-0.4, -0.2) is 43.8 Å². The zero-order valence-corrected chi connectivity index (χ0v) is 24.0. The summed E-state index contributed by atoms with van der Waals surface area (Å²) in [5, 5.41) is 3.36. The molecule has 0 bridgehead atoms. The second-order valence-electron chi connectivity index (χ2n) is 9.45. The lowest BCUT2D eigenvalue weighted by atomic mass is 10.1. The topological polar surface area (TPSA) is 86.8 Å². The van der Waals surface area contributed by atoms with Crippen molar-refractivity contribution < 1.29 is 22.4 Å². The van der Waals surface area contributed by atoms with Crippen molar-refractivity contribution in [3.8, 4) is 0 Å². The van der Waals surface area contributed by atoms with E-state index in [2.05, 4.69) is 5.32 Å². The molecule has 0 saturated carbocycles. The third-order valence-corrected chi connectivity index (χ3v) is 8.44. The number of hydrogen-bond donors (Lipinski definition) is 1. The number of aryl methyl sites for hydroxylation is 1. The molecular formula is C29H33ClFN3O4S. The number of rotatable bonds is 11. The maximum atomic E-state index is 13.9. The molecule has 2 unspecified atom stereocenters. The Morgan fingerprint density at radius 1 is 1.00 bits per heavy atom. The predicted octanol–water partition coefficient (Wildman–Crippen LogP) is 5.31. The Morgan fingerprint density at radius 2 is 1.64 bits per heavy atom. The minimum atomic E-state index is -4.26. The van der Waals surface area contributed by atoms with Crippen LogP contribution in [-0.2, 0) is 26.2 Å². The van der Waals surface area contributed by atoms with Crippen molar-refractivity contribution in [3.63, 3.8) is 0 Å². The summed E-state index contributed by atoms with van der Waals surface area (Å²) in [5.74, 6) is -1.53. The lowest BCUT2D eigenvalue weighted by Gasteiger charge is -2.32. The van der Waals surface area contributed by atoms with Crippen molar-refractivity contribution in [1.29, 1.82) is 0 Å². The molecule has 0 fully saturated rings. The summed E-state index contributed by atoms with van der Waals surface area (Å²) >= 11 is 6.16. The van der Waals surface area contributed by atoms with Crippen LogP contribution in [0.1, 0.15) is 38.3 Å². The first-order valence-corrected chi connectivity index (χ1v) is 14.4. The molecule has 3 rings (SSSR count). The highest BCUT2D eigenvalue weighted by molar-refractivity contribution is 7.92. The molecule has 1 N–H and O–H groups in total. The number of nitrogens with one attached hydrogen (secondary N) is 1. The van der Waals surface area contributed by atoms with E-state index in [-0.39, 0.29) is 29.1 Å². The van der Waals surface area contributed by atoms with E-state index < -0.39 is 34.3 Å². The Balaban J connectivity index is 2.02. The Kier molecular flexibility index (Phi) is 10.1. The van der Waals surface area contributed by atoms with Crippen molar-refractivity contribution in [3.05, 3.63) is 94.8 Å². The molecule has 10 heteroatoms. The van der Waals surface area contributed by atoms with Crippen LogP contribution in [0.2, 0.25) is 5.02 Å². The number of carbonyl (C=O) groups is 2. The molecule has 0 aliphatic rings. The van der Waals surface area contributed by atoms with Gasteiger partial charge in [0.2, 0.25) is 11.8 Å². The average Bonchev–Trinajstić information content (AvgIpc) is 2.90. The van der Waals surface area contributed by atoms with Crippen LogP contribution < -0.4 is 9.62 Å². The molecule has 39 heavy (non-hydrogen) atoms. The van der Waals surface area contributed by atoms with Crippen molar-refractivity contribution in [2.75, 3.05) is 10.8 Å². The minimum Gasteiger partial charge on any atom is -0.352 e. The van der Waals surface area contributed by atoms with Crippen LogP contribution in [0.3, 0.4) is 0 Å². The summed E-state index contributed by atoms with van der Waals surface area (Å²) in [6.07, 6.45) is 0.706. The number of carbonyl (C=O) groups excluding carboxylic acids is 2. The number of amides is 2. The highest BCUT2D eigenvalue weighted by Gasteiger charge is 2.32. The lowest BCUT2D eigenvalue weighted by molar-refractivity contribution is -0.139. The molecule has 0 heterocycles. The third kappa shape index (κ3) is 7.80. The van der Waals surface area contributed by atoms with E-state index in [9.17, 15) is 22.4 Å². The summed E-state index contributed by atoms with van der Waals surface area (Å²) in [6, 6.07) is 17.0. The summed E-state index contributed by atoms with van der Waals surface area (Å²) in [6.45, 7) is 6.71. The number of nitrogens with zero attached hydrogens (tertiary/aromatic N) is 2. The molecule has 0 radical (unpaired) electrons. The number of hydrogen-bond acceptors (Lipinski definition) is 4. The van der Waals surface area contributed by atoms with Crippen molar-refractivity contribution >= 4 is 39.1 Å². The van der Waals surface area contributed by atoms with Crippen LogP contribution in [0.15, 0.2) is 77.7 Å². The Labute approximate surface area is 234 Å². The maximum absolute atomic E-state index is 13.9. The van der Waals surface area contributed by atoms with Gasteiger partial charge in [0.1, 0.15) is 18.4 Å². The van der Waals surface area contributed by atoms with Gasteiger partial charge in [0.25, 0.3) is 10.0 Å². The van der Waals surface area contributed by atoms with Gasteiger partial charge in [-0.3, -0.25) is 13.9 Å². The van der Waals surface area contributed by atoms with Crippen LogP contribution in [0.5, 0.6) is 0 Å². The van der Waals surface area contributed by atoms with Crippen LogP contribution in [0.4, 0.5) is 10.1 Å². The van der Waals surface area contributed by atoms with Crippen molar-refractivity contribution in [2.45, 2.75) is 57.6 Å². The quantitative estimate of drug-likeness (QED) is 0.337. The van der Waals surface area contributed by atoms with E-state index in [4.69, 9.17) is 11.6 Å². The first-order chi connectivity index (χ1) is 18.4. The highest BCUT2D eigenvalue weighted by Crippen LogP contribution is 2.25. The number of sulfonamides is 1. The molecule has 208 valence electrons. The second-order valence-corrected chi connectivity index (χ2v) is 11.7. The fraction of sp³-hybridized carbons (Fsp3) is 0.310. The van der Waals surface area contributed by atoms with Gasteiger partial charge in [-0.15, -0.1) is 0 Å². The molecule has 2 atom stereocenters. The summed E-state index contributed by atoms with van der Waals surface area (Å²) in [5.41, 5.74) is 1.85. The first-order valence-electron chi connectivity index (χ1n) is 12.6. The molecule has 2 amide bonds. The fourth-order valence-electron chi connectivity index (χ4n) is 3.85. The molecule has 0 spiro atoms. The predicted molar refractivity (Wildman–Crippen MR) is 151 cm³/mol. The monoisotopic (exact) mass is 573 g/mol. The highest BCUT2D eigenvalue weighted by atomic mass is 35.5. The third-order valence-electron chi connectivity index (χ3n) is 6.41. The summed E-state index contributed by atoms with van der Waals surface area (Å²) in [7, 11) is -4.26. The van der Waals surface area contributed by atoms with E-state index in [1.807, 2.05) is 20.8 Å². The first kappa shape index (κ1) is 30.1. The fourth-order valence-corrected chi connectivity index (χ4v) is 5.48. The van der Waals surface area contributed by atoms with Crippen molar-refractivity contribution in [2.24, 2.45) is 0 Å². The number of anilines is 1. The largest absolute Gasteiger partial charge is 0.352 e. The molecule has 3 aromatic rings. The molecule has 7 nitrogen and oxygen atoms in total. The summed E-state index contributed by atoms with van der Waals surface area (Å²) < 4.78 is 42.0. The average molecular weight is 574 g/mol.